The molecule has 0 radical (unpaired) electrons. The minimum atomic E-state index is -0.516. The molecule has 1 aliphatic heterocycles. The zero-order valence-electron chi connectivity index (χ0n) is 15.3. The summed E-state index contributed by atoms with van der Waals surface area (Å²) >= 11 is 0. The highest BCUT2D eigenvalue weighted by Crippen LogP contribution is 2.17. The third-order valence-electron chi connectivity index (χ3n) is 4.81. The lowest BCUT2D eigenvalue weighted by molar-refractivity contribution is 0.0663. The Morgan fingerprint density at radius 2 is 1.65 bits per heavy atom. The first kappa shape index (κ1) is 18.7. The Balaban J connectivity index is 1.40. The number of β-amino-alcohol motifs (C(OH)–C–C–N with tert-alkyl or cyclic N) is 1. The average Bonchev–Trinajstić information content (AvgIpc) is 2.68. The van der Waals surface area contributed by atoms with Gasteiger partial charge in [0.25, 0.3) is 0 Å². The highest BCUT2D eigenvalue weighted by Gasteiger charge is 2.19. The first-order valence-corrected chi connectivity index (χ1v) is 9.26. The predicted octanol–water partition coefficient (Wildman–Crippen LogP) is 2.95. The van der Waals surface area contributed by atoms with Crippen molar-refractivity contribution in [3.63, 3.8) is 0 Å². The molecule has 1 heterocycles. The fourth-order valence-corrected chi connectivity index (χ4v) is 3.21. The van der Waals surface area contributed by atoms with Crippen LogP contribution >= 0.6 is 0 Å². The molecule has 1 fully saturated rings. The van der Waals surface area contributed by atoms with Crippen LogP contribution in [0.4, 0.5) is 10.1 Å². The van der Waals surface area contributed by atoms with E-state index in [1.165, 1.54) is 17.7 Å². The molecule has 2 aromatic carbocycles. The molecule has 2 aromatic rings. The molecule has 1 atom stereocenters. The highest BCUT2D eigenvalue weighted by molar-refractivity contribution is 5.46. The summed E-state index contributed by atoms with van der Waals surface area (Å²) < 4.78 is 18.7. The molecule has 0 aromatic heterocycles. The third-order valence-corrected chi connectivity index (χ3v) is 4.81. The molecule has 0 bridgehead atoms. The number of hydrogen-bond donors (Lipinski definition) is 1. The van der Waals surface area contributed by atoms with Crippen molar-refractivity contribution >= 4 is 5.69 Å². The van der Waals surface area contributed by atoms with Gasteiger partial charge in [0.05, 0.1) is 0 Å². The zero-order chi connectivity index (χ0) is 18.4. The zero-order valence-corrected chi connectivity index (χ0v) is 15.3. The van der Waals surface area contributed by atoms with Crippen molar-refractivity contribution in [2.24, 2.45) is 0 Å². The number of aryl methyl sites for hydroxylation is 1. The second-order valence-electron chi connectivity index (χ2n) is 6.73. The maximum Gasteiger partial charge on any atom is 0.123 e. The minimum absolute atomic E-state index is 0.208. The van der Waals surface area contributed by atoms with Crippen LogP contribution in [0.3, 0.4) is 0 Å². The highest BCUT2D eigenvalue weighted by atomic mass is 19.1. The number of piperazine rings is 1. The number of aliphatic hydroxyl groups excluding tert-OH is 1. The summed E-state index contributed by atoms with van der Waals surface area (Å²) in [6.07, 6.45) is 0.491. The Morgan fingerprint density at radius 3 is 2.27 bits per heavy atom. The summed E-state index contributed by atoms with van der Waals surface area (Å²) in [7, 11) is 0. The molecule has 3 rings (SSSR count). The Bertz CT molecular complexity index is 667. The first-order valence-electron chi connectivity index (χ1n) is 9.26. The van der Waals surface area contributed by atoms with Crippen LogP contribution in [0.15, 0.2) is 48.5 Å². The second-order valence-corrected chi connectivity index (χ2v) is 6.73. The molecule has 4 nitrogen and oxygen atoms in total. The monoisotopic (exact) mass is 358 g/mol. The SMILES string of the molecule is CCc1ccc(OC[C@H](O)CN2CCN(c3ccc(F)cc3)CC2)cc1. The normalized spacial score (nSPS) is 16.5. The van der Waals surface area contributed by atoms with E-state index in [-0.39, 0.29) is 5.82 Å². The van der Waals surface area contributed by atoms with Gasteiger partial charge in [0.1, 0.15) is 24.3 Å². The molecule has 0 amide bonds. The van der Waals surface area contributed by atoms with Gasteiger partial charge in [0.15, 0.2) is 0 Å². The summed E-state index contributed by atoms with van der Waals surface area (Å²) in [6, 6.07) is 14.6. The van der Waals surface area contributed by atoms with Crippen molar-refractivity contribution in [1.29, 1.82) is 0 Å². The molecule has 5 heteroatoms. The Labute approximate surface area is 154 Å². The molecule has 140 valence electrons. The summed E-state index contributed by atoms with van der Waals surface area (Å²) in [5, 5.41) is 10.3. The maximum absolute atomic E-state index is 13.0. The number of ether oxygens (including phenoxy) is 1. The van der Waals surface area contributed by atoms with Crippen molar-refractivity contribution < 1.29 is 14.2 Å². The molecule has 0 saturated carbocycles. The lowest BCUT2D eigenvalue weighted by atomic mass is 10.2. The van der Waals surface area contributed by atoms with Crippen LogP contribution in [-0.2, 0) is 6.42 Å². The fourth-order valence-electron chi connectivity index (χ4n) is 3.21. The van der Waals surface area contributed by atoms with Gasteiger partial charge < -0.3 is 14.7 Å². The molecule has 0 unspecified atom stereocenters. The van der Waals surface area contributed by atoms with E-state index in [2.05, 4.69) is 28.9 Å². The van der Waals surface area contributed by atoms with Gasteiger partial charge in [-0.25, -0.2) is 4.39 Å². The van der Waals surface area contributed by atoms with Crippen molar-refractivity contribution in [2.45, 2.75) is 19.4 Å². The Kier molecular flexibility index (Phi) is 6.47. The molecule has 0 aliphatic carbocycles. The fraction of sp³-hybridized carbons (Fsp3) is 0.429. The van der Waals surface area contributed by atoms with Gasteiger partial charge in [0.2, 0.25) is 0 Å². The van der Waals surface area contributed by atoms with Crippen LogP contribution in [0.1, 0.15) is 12.5 Å². The van der Waals surface area contributed by atoms with Crippen molar-refractivity contribution in [1.82, 2.24) is 4.90 Å². The third kappa shape index (κ3) is 5.19. The molecular formula is C21H27FN2O2. The Hall–Kier alpha value is -2.11. The summed E-state index contributed by atoms with van der Waals surface area (Å²) in [5.41, 5.74) is 2.32. The van der Waals surface area contributed by atoms with Gasteiger partial charge in [-0.1, -0.05) is 19.1 Å². The number of benzene rings is 2. The molecule has 0 spiro atoms. The average molecular weight is 358 g/mol. The van der Waals surface area contributed by atoms with Crippen LogP contribution in [0, 0.1) is 5.82 Å². The number of hydrogen-bond acceptors (Lipinski definition) is 4. The van der Waals surface area contributed by atoms with E-state index >= 15 is 0 Å². The first-order chi connectivity index (χ1) is 12.6. The van der Waals surface area contributed by atoms with E-state index in [4.69, 9.17) is 4.74 Å². The quantitative estimate of drug-likeness (QED) is 0.826. The van der Waals surface area contributed by atoms with Gasteiger partial charge >= 0.3 is 0 Å². The van der Waals surface area contributed by atoms with Gasteiger partial charge in [-0.2, -0.15) is 0 Å². The molecule has 1 aliphatic rings. The molecule has 1 saturated heterocycles. The minimum Gasteiger partial charge on any atom is -0.491 e. The van der Waals surface area contributed by atoms with E-state index < -0.39 is 6.10 Å². The lowest BCUT2D eigenvalue weighted by Crippen LogP contribution is -2.49. The molecular weight excluding hydrogens is 331 g/mol. The van der Waals surface area contributed by atoms with Crippen molar-refractivity contribution in [3.05, 3.63) is 59.9 Å². The lowest BCUT2D eigenvalue weighted by Gasteiger charge is -2.36. The van der Waals surface area contributed by atoms with Crippen LogP contribution in [0.25, 0.3) is 0 Å². The smallest absolute Gasteiger partial charge is 0.123 e. The number of halogens is 1. The van der Waals surface area contributed by atoms with Crippen LogP contribution in [-0.4, -0.2) is 55.4 Å². The molecule has 26 heavy (non-hydrogen) atoms. The number of anilines is 1. The van der Waals surface area contributed by atoms with Gasteiger partial charge in [-0.15, -0.1) is 0 Å². The van der Waals surface area contributed by atoms with Crippen molar-refractivity contribution in [2.75, 3.05) is 44.2 Å². The number of nitrogens with zero attached hydrogens (tertiary/aromatic N) is 2. The number of rotatable bonds is 7. The van der Waals surface area contributed by atoms with Gasteiger partial charge in [-0.05, 0) is 48.4 Å². The van der Waals surface area contributed by atoms with E-state index in [0.29, 0.717) is 13.2 Å². The van der Waals surface area contributed by atoms with Crippen LogP contribution < -0.4 is 9.64 Å². The van der Waals surface area contributed by atoms with Crippen LogP contribution in [0.2, 0.25) is 0 Å². The topological polar surface area (TPSA) is 35.9 Å². The summed E-state index contributed by atoms with van der Waals surface area (Å²) in [6.45, 7) is 6.51. The summed E-state index contributed by atoms with van der Waals surface area (Å²) in [5.74, 6) is 0.585. The van der Waals surface area contributed by atoms with Crippen molar-refractivity contribution in [3.8, 4) is 5.75 Å². The van der Waals surface area contributed by atoms with Crippen LogP contribution in [0.5, 0.6) is 5.75 Å². The van der Waals surface area contributed by atoms with E-state index in [9.17, 15) is 9.50 Å². The number of aliphatic hydroxyl groups is 1. The Morgan fingerprint density at radius 1 is 1.00 bits per heavy atom. The second kappa shape index (κ2) is 9.01. The predicted molar refractivity (Wildman–Crippen MR) is 102 cm³/mol. The van der Waals surface area contributed by atoms with E-state index in [1.807, 2.05) is 24.3 Å². The largest absolute Gasteiger partial charge is 0.491 e. The van der Waals surface area contributed by atoms with Gasteiger partial charge in [0, 0.05) is 38.4 Å². The van der Waals surface area contributed by atoms with E-state index in [0.717, 1.165) is 44.0 Å². The maximum atomic E-state index is 13.0. The van der Waals surface area contributed by atoms with Gasteiger partial charge in [-0.3, -0.25) is 4.90 Å². The summed E-state index contributed by atoms with van der Waals surface area (Å²) in [4.78, 5) is 4.49. The standard InChI is InChI=1S/C21H27FN2O2/c1-2-17-3-9-21(10-4-17)26-16-20(25)15-23-11-13-24(14-12-23)19-7-5-18(22)6-8-19/h3-10,20,25H,2,11-16H2,1H3/t20-/m1/s1. The molecule has 1 N–H and O–H groups in total. The van der Waals surface area contributed by atoms with E-state index in [1.54, 1.807) is 0 Å².